The van der Waals surface area contributed by atoms with Crippen LogP contribution in [-0.2, 0) is 9.47 Å². The molecular formula is C28H27NO4. The van der Waals surface area contributed by atoms with Crippen LogP contribution in [0.4, 0.5) is 4.79 Å². The van der Waals surface area contributed by atoms with Gasteiger partial charge in [0.05, 0.1) is 12.7 Å². The first-order valence-electron chi connectivity index (χ1n) is 11.0. The van der Waals surface area contributed by atoms with Gasteiger partial charge in [-0.2, -0.15) is 0 Å². The molecule has 0 aliphatic heterocycles. The van der Waals surface area contributed by atoms with Crippen molar-refractivity contribution in [3.8, 4) is 11.1 Å². The van der Waals surface area contributed by atoms with Crippen molar-refractivity contribution in [2.75, 3.05) is 20.3 Å². The number of carbonyl (C=O) groups excluding carboxylic acids is 2. The summed E-state index contributed by atoms with van der Waals surface area (Å²) in [6.45, 7) is 2.73. The second kappa shape index (κ2) is 10.2. The summed E-state index contributed by atoms with van der Waals surface area (Å²) >= 11 is 0. The van der Waals surface area contributed by atoms with E-state index in [-0.39, 0.29) is 11.9 Å². The number of ether oxygens (including phenoxy) is 2. The summed E-state index contributed by atoms with van der Waals surface area (Å²) in [6, 6.07) is 22.0. The second-order valence-corrected chi connectivity index (χ2v) is 8.01. The zero-order valence-electron chi connectivity index (χ0n) is 18.8. The lowest BCUT2D eigenvalue weighted by Crippen LogP contribution is -2.26. The predicted molar refractivity (Wildman–Crippen MR) is 129 cm³/mol. The average molecular weight is 442 g/mol. The molecule has 0 fully saturated rings. The van der Waals surface area contributed by atoms with Crippen LogP contribution in [0.15, 0.2) is 72.8 Å². The molecule has 168 valence electrons. The highest BCUT2D eigenvalue weighted by molar-refractivity contribution is 5.90. The summed E-state index contributed by atoms with van der Waals surface area (Å²) < 4.78 is 10.3. The smallest absolute Gasteiger partial charge is 0.407 e. The monoisotopic (exact) mass is 441 g/mol. The van der Waals surface area contributed by atoms with E-state index in [1.54, 1.807) is 12.1 Å². The summed E-state index contributed by atoms with van der Waals surface area (Å²) in [5.41, 5.74) is 7.35. The van der Waals surface area contributed by atoms with E-state index in [1.165, 1.54) is 29.4 Å². The Morgan fingerprint density at radius 2 is 1.64 bits per heavy atom. The first-order chi connectivity index (χ1) is 16.1. The lowest BCUT2D eigenvalue weighted by molar-refractivity contribution is 0.0600. The van der Waals surface area contributed by atoms with Crippen molar-refractivity contribution < 1.29 is 19.1 Å². The topological polar surface area (TPSA) is 64.6 Å². The largest absolute Gasteiger partial charge is 0.465 e. The van der Waals surface area contributed by atoms with Crippen LogP contribution in [0.25, 0.3) is 17.2 Å². The first kappa shape index (κ1) is 22.3. The molecule has 5 heteroatoms. The van der Waals surface area contributed by atoms with Crippen molar-refractivity contribution >= 4 is 18.1 Å². The van der Waals surface area contributed by atoms with E-state index in [9.17, 15) is 9.59 Å². The van der Waals surface area contributed by atoms with Crippen molar-refractivity contribution in [2.24, 2.45) is 0 Å². The highest BCUT2D eigenvalue weighted by atomic mass is 16.5. The van der Waals surface area contributed by atoms with Crippen LogP contribution in [0, 0.1) is 6.92 Å². The van der Waals surface area contributed by atoms with Gasteiger partial charge in [0.25, 0.3) is 0 Å². The number of rotatable bonds is 7. The first-order valence-corrected chi connectivity index (χ1v) is 11.0. The molecule has 0 atom stereocenters. The molecule has 5 nitrogen and oxygen atoms in total. The van der Waals surface area contributed by atoms with Gasteiger partial charge in [0.2, 0.25) is 0 Å². The fraction of sp³-hybridized carbons (Fsp3) is 0.214. The minimum atomic E-state index is -0.413. The number of methoxy groups -OCH3 is 1. The van der Waals surface area contributed by atoms with Crippen LogP contribution in [0.2, 0.25) is 0 Å². The lowest BCUT2D eigenvalue weighted by atomic mass is 9.98. The Kier molecular flexibility index (Phi) is 6.89. The predicted octanol–water partition coefficient (Wildman–Crippen LogP) is 5.72. The molecule has 0 unspecified atom stereocenters. The average Bonchev–Trinajstić information content (AvgIpc) is 3.16. The highest BCUT2D eigenvalue weighted by Crippen LogP contribution is 2.44. The van der Waals surface area contributed by atoms with Crippen molar-refractivity contribution in [3.05, 3.63) is 101 Å². The van der Waals surface area contributed by atoms with E-state index < -0.39 is 6.09 Å². The van der Waals surface area contributed by atoms with E-state index in [0.29, 0.717) is 25.1 Å². The molecule has 0 saturated carbocycles. The molecule has 0 spiro atoms. The molecule has 0 radical (unpaired) electrons. The Morgan fingerprint density at radius 3 is 2.27 bits per heavy atom. The molecular weight excluding hydrogens is 414 g/mol. The zero-order chi connectivity index (χ0) is 23.2. The number of alkyl carbamates (subject to hydrolysis) is 1. The maximum atomic E-state index is 12.2. The van der Waals surface area contributed by atoms with Gasteiger partial charge < -0.3 is 14.8 Å². The Hall–Kier alpha value is -3.86. The number of aryl methyl sites for hydroxylation is 1. The summed E-state index contributed by atoms with van der Waals surface area (Å²) in [5, 5.41) is 2.81. The third-order valence-electron chi connectivity index (χ3n) is 5.91. The molecule has 1 aliphatic carbocycles. The van der Waals surface area contributed by atoms with Gasteiger partial charge >= 0.3 is 12.1 Å². The van der Waals surface area contributed by atoms with Crippen molar-refractivity contribution in [1.29, 1.82) is 0 Å². The van der Waals surface area contributed by atoms with Crippen LogP contribution < -0.4 is 5.32 Å². The number of hydrogen-bond donors (Lipinski definition) is 1. The summed E-state index contributed by atoms with van der Waals surface area (Å²) in [7, 11) is 1.37. The maximum Gasteiger partial charge on any atom is 0.407 e. The Morgan fingerprint density at radius 1 is 0.970 bits per heavy atom. The Labute approximate surface area is 194 Å². The number of esters is 1. The van der Waals surface area contributed by atoms with Gasteiger partial charge in [-0.1, -0.05) is 66.7 Å². The number of nitrogens with one attached hydrogen (secondary N) is 1. The number of benzene rings is 3. The molecule has 0 aromatic heterocycles. The van der Waals surface area contributed by atoms with Gasteiger partial charge in [0, 0.05) is 12.5 Å². The van der Waals surface area contributed by atoms with E-state index in [2.05, 4.69) is 29.6 Å². The third kappa shape index (κ3) is 4.98. The molecule has 1 aliphatic rings. The molecule has 33 heavy (non-hydrogen) atoms. The molecule has 0 heterocycles. The standard InChI is InChI=1S/C28H27NO4/c1-19-17-21(27(30)32-2)15-14-20(19)9-7-8-16-29-28(31)33-18-26-24-12-5-3-10-22(24)23-11-4-6-13-25(23)26/h3-7,9-15,17,26H,8,16,18H2,1-2H3,(H,29,31). The molecule has 3 aromatic rings. The minimum Gasteiger partial charge on any atom is -0.465 e. The van der Waals surface area contributed by atoms with Gasteiger partial charge in [0.15, 0.2) is 0 Å². The molecule has 0 saturated heterocycles. The fourth-order valence-electron chi connectivity index (χ4n) is 4.22. The molecule has 1 N–H and O–H groups in total. The van der Waals surface area contributed by atoms with Gasteiger partial charge in [-0.15, -0.1) is 0 Å². The molecule has 0 bridgehead atoms. The van der Waals surface area contributed by atoms with Crippen LogP contribution >= 0.6 is 0 Å². The highest BCUT2D eigenvalue weighted by Gasteiger charge is 2.28. The normalized spacial score (nSPS) is 12.3. The van der Waals surface area contributed by atoms with Gasteiger partial charge in [-0.05, 0) is 58.9 Å². The number of hydrogen-bond acceptors (Lipinski definition) is 4. The quantitative estimate of drug-likeness (QED) is 0.376. The van der Waals surface area contributed by atoms with Crippen LogP contribution in [0.5, 0.6) is 0 Å². The summed E-state index contributed by atoms with van der Waals surface area (Å²) in [5.74, 6) is -0.292. The van der Waals surface area contributed by atoms with E-state index in [1.807, 2.05) is 49.4 Å². The minimum absolute atomic E-state index is 0.0546. The molecule has 4 rings (SSSR count). The molecule has 1 amide bonds. The second-order valence-electron chi connectivity index (χ2n) is 8.01. The van der Waals surface area contributed by atoms with Crippen molar-refractivity contribution in [3.63, 3.8) is 0 Å². The van der Waals surface area contributed by atoms with Gasteiger partial charge in [-0.25, -0.2) is 9.59 Å². The van der Waals surface area contributed by atoms with E-state index in [0.717, 1.165) is 11.1 Å². The number of carbonyl (C=O) groups is 2. The summed E-state index contributed by atoms with van der Waals surface area (Å²) in [4.78, 5) is 23.8. The number of fused-ring (bicyclic) bond motifs is 3. The van der Waals surface area contributed by atoms with Crippen LogP contribution in [0.1, 0.15) is 45.0 Å². The van der Waals surface area contributed by atoms with Crippen LogP contribution in [-0.4, -0.2) is 32.3 Å². The zero-order valence-corrected chi connectivity index (χ0v) is 18.8. The maximum absolute atomic E-state index is 12.2. The van der Waals surface area contributed by atoms with E-state index in [4.69, 9.17) is 9.47 Å². The Balaban J connectivity index is 1.26. The SMILES string of the molecule is COC(=O)c1ccc(C=CCCNC(=O)OCC2c3ccccc3-c3ccccc32)c(C)c1. The fourth-order valence-corrected chi connectivity index (χ4v) is 4.22. The third-order valence-corrected chi connectivity index (χ3v) is 5.91. The van der Waals surface area contributed by atoms with E-state index >= 15 is 0 Å². The van der Waals surface area contributed by atoms with Gasteiger partial charge in [-0.3, -0.25) is 0 Å². The van der Waals surface area contributed by atoms with Crippen LogP contribution in [0.3, 0.4) is 0 Å². The lowest BCUT2D eigenvalue weighted by Gasteiger charge is -2.14. The number of amides is 1. The summed E-state index contributed by atoms with van der Waals surface area (Å²) in [6.07, 6.45) is 4.23. The van der Waals surface area contributed by atoms with Crippen molar-refractivity contribution in [2.45, 2.75) is 19.3 Å². The van der Waals surface area contributed by atoms with Gasteiger partial charge in [0.1, 0.15) is 6.61 Å². The molecule has 3 aromatic carbocycles. The Bertz CT molecular complexity index is 1150. The van der Waals surface area contributed by atoms with Crippen molar-refractivity contribution in [1.82, 2.24) is 5.32 Å².